The van der Waals surface area contributed by atoms with Crippen LogP contribution in [0.5, 0.6) is 17.2 Å². The van der Waals surface area contributed by atoms with Crippen LogP contribution in [-0.4, -0.2) is 24.3 Å². The van der Waals surface area contributed by atoms with Crippen molar-refractivity contribution in [2.45, 2.75) is 6.92 Å². The molecule has 5 nitrogen and oxygen atoms in total. The topological polar surface area (TPSA) is 63.6 Å². The van der Waals surface area contributed by atoms with Gasteiger partial charge in [-0.25, -0.2) is 4.98 Å². The summed E-state index contributed by atoms with van der Waals surface area (Å²) in [5.74, 6) is 1.62. The van der Waals surface area contributed by atoms with Gasteiger partial charge in [0, 0.05) is 16.6 Å². The lowest BCUT2D eigenvalue weighted by Gasteiger charge is -2.08. The molecule has 124 valence electrons. The lowest BCUT2D eigenvalue weighted by molar-refractivity contribution is 0.355. The molecule has 1 heterocycles. The van der Waals surface area contributed by atoms with E-state index in [9.17, 15) is 5.11 Å². The van der Waals surface area contributed by atoms with Crippen molar-refractivity contribution in [3.05, 3.63) is 47.3 Å². The molecule has 0 saturated carbocycles. The van der Waals surface area contributed by atoms with E-state index in [-0.39, 0.29) is 5.75 Å². The Hall–Kier alpha value is -2.73. The van der Waals surface area contributed by atoms with Crippen molar-refractivity contribution in [1.29, 1.82) is 0 Å². The SMILES string of the molecule is COc1ccc(-c2csc(Nc3ccc(O)cc3C)n2)cc1OC. The number of thiazole rings is 1. The van der Waals surface area contributed by atoms with Gasteiger partial charge in [-0.05, 0) is 48.9 Å². The highest BCUT2D eigenvalue weighted by Crippen LogP contribution is 2.34. The highest BCUT2D eigenvalue weighted by Gasteiger charge is 2.10. The van der Waals surface area contributed by atoms with Crippen LogP contribution < -0.4 is 14.8 Å². The molecule has 3 aromatic rings. The summed E-state index contributed by atoms with van der Waals surface area (Å²) in [5.41, 5.74) is 3.69. The van der Waals surface area contributed by atoms with Crippen LogP contribution in [0.3, 0.4) is 0 Å². The number of nitrogens with one attached hydrogen (secondary N) is 1. The Morgan fingerprint density at radius 1 is 1.04 bits per heavy atom. The lowest BCUT2D eigenvalue weighted by Crippen LogP contribution is -1.93. The highest BCUT2D eigenvalue weighted by atomic mass is 32.1. The summed E-state index contributed by atoms with van der Waals surface area (Å²) in [6, 6.07) is 10.9. The molecule has 0 saturated heterocycles. The molecule has 3 rings (SSSR count). The molecular formula is C18H18N2O3S. The molecule has 1 aromatic heterocycles. The smallest absolute Gasteiger partial charge is 0.187 e. The maximum absolute atomic E-state index is 9.49. The number of anilines is 2. The highest BCUT2D eigenvalue weighted by molar-refractivity contribution is 7.14. The number of ether oxygens (including phenoxy) is 2. The molecule has 2 N–H and O–H groups in total. The first-order chi connectivity index (χ1) is 11.6. The summed E-state index contributed by atoms with van der Waals surface area (Å²) in [5, 5.41) is 15.5. The van der Waals surface area contributed by atoms with E-state index in [2.05, 4.69) is 10.3 Å². The summed E-state index contributed by atoms with van der Waals surface area (Å²) in [7, 11) is 3.23. The van der Waals surface area contributed by atoms with Gasteiger partial charge in [0.25, 0.3) is 0 Å². The van der Waals surface area contributed by atoms with Crippen LogP contribution in [0.2, 0.25) is 0 Å². The number of hydrogen-bond donors (Lipinski definition) is 2. The number of aromatic hydroxyl groups is 1. The molecule has 0 atom stereocenters. The molecule has 0 unspecified atom stereocenters. The fourth-order valence-corrected chi connectivity index (χ4v) is 3.09. The molecule has 6 heteroatoms. The number of methoxy groups -OCH3 is 2. The van der Waals surface area contributed by atoms with Crippen LogP contribution in [-0.2, 0) is 0 Å². The van der Waals surface area contributed by atoms with Crippen LogP contribution in [0.1, 0.15) is 5.56 Å². The Labute approximate surface area is 144 Å². The van der Waals surface area contributed by atoms with Gasteiger partial charge in [0.2, 0.25) is 0 Å². The minimum Gasteiger partial charge on any atom is -0.508 e. The first kappa shape index (κ1) is 16.1. The standard InChI is InChI=1S/C18H18N2O3S/c1-11-8-13(21)5-6-14(11)19-18-20-15(10-24-18)12-4-7-16(22-2)17(9-12)23-3/h4-10,21H,1-3H3,(H,19,20). The summed E-state index contributed by atoms with van der Waals surface area (Å²) >= 11 is 1.52. The summed E-state index contributed by atoms with van der Waals surface area (Å²) < 4.78 is 10.6. The third-order valence-corrected chi connectivity index (χ3v) is 4.39. The predicted molar refractivity (Wildman–Crippen MR) is 96.8 cm³/mol. The van der Waals surface area contributed by atoms with Crippen LogP contribution in [0.15, 0.2) is 41.8 Å². The normalized spacial score (nSPS) is 10.5. The zero-order valence-electron chi connectivity index (χ0n) is 13.7. The minimum atomic E-state index is 0.253. The van der Waals surface area contributed by atoms with Gasteiger partial charge in [0.1, 0.15) is 5.75 Å². The Bertz CT molecular complexity index is 861. The maximum Gasteiger partial charge on any atom is 0.187 e. The fourth-order valence-electron chi connectivity index (χ4n) is 2.36. The number of nitrogens with zero attached hydrogens (tertiary/aromatic N) is 1. The zero-order valence-corrected chi connectivity index (χ0v) is 14.5. The van der Waals surface area contributed by atoms with E-state index in [0.29, 0.717) is 11.5 Å². The number of rotatable bonds is 5. The lowest BCUT2D eigenvalue weighted by atomic mass is 10.1. The number of hydrogen-bond acceptors (Lipinski definition) is 6. The van der Waals surface area contributed by atoms with Crippen LogP contribution >= 0.6 is 11.3 Å². The van der Waals surface area contributed by atoms with Crippen molar-refractivity contribution in [2.75, 3.05) is 19.5 Å². The average molecular weight is 342 g/mol. The Kier molecular flexibility index (Phi) is 4.57. The Morgan fingerprint density at radius 2 is 1.83 bits per heavy atom. The second kappa shape index (κ2) is 6.80. The van der Waals surface area contributed by atoms with Gasteiger partial charge in [-0.15, -0.1) is 11.3 Å². The first-order valence-corrected chi connectivity index (χ1v) is 8.23. The van der Waals surface area contributed by atoms with Gasteiger partial charge in [-0.2, -0.15) is 0 Å². The molecule has 0 spiro atoms. The van der Waals surface area contributed by atoms with Gasteiger partial charge in [0.15, 0.2) is 16.6 Å². The average Bonchev–Trinajstić information content (AvgIpc) is 3.05. The summed E-state index contributed by atoms with van der Waals surface area (Å²) in [6.45, 7) is 1.94. The van der Waals surface area contributed by atoms with Crippen LogP contribution in [0, 0.1) is 6.92 Å². The molecule has 0 aliphatic rings. The van der Waals surface area contributed by atoms with Gasteiger partial charge in [-0.1, -0.05) is 0 Å². The van der Waals surface area contributed by atoms with E-state index < -0.39 is 0 Å². The number of phenolic OH excluding ortho intramolecular Hbond substituents is 1. The van der Waals surface area contributed by atoms with Crippen molar-refractivity contribution < 1.29 is 14.6 Å². The van der Waals surface area contributed by atoms with Crippen molar-refractivity contribution >= 4 is 22.2 Å². The molecule has 0 radical (unpaired) electrons. The zero-order chi connectivity index (χ0) is 17.1. The molecule has 2 aromatic carbocycles. The number of benzene rings is 2. The van der Waals surface area contributed by atoms with E-state index in [1.54, 1.807) is 26.4 Å². The van der Waals surface area contributed by atoms with E-state index in [1.807, 2.05) is 36.6 Å². The monoisotopic (exact) mass is 342 g/mol. The van der Waals surface area contributed by atoms with Gasteiger partial charge in [-0.3, -0.25) is 0 Å². The molecule has 0 aliphatic carbocycles. The van der Waals surface area contributed by atoms with Gasteiger partial charge in [0.05, 0.1) is 19.9 Å². The minimum absolute atomic E-state index is 0.253. The van der Waals surface area contributed by atoms with Crippen molar-refractivity contribution in [3.8, 4) is 28.5 Å². The van der Waals surface area contributed by atoms with Gasteiger partial charge < -0.3 is 19.9 Å². The molecule has 0 fully saturated rings. The van der Waals surface area contributed by atoms with E-state index in [0.717, 1.165) is 27.6 Å². The number of phenols is 1. The maximum atomic E-state index is 9.49. The van der Waals surface area contributed by atoms with Crippen molar-refractivity contribution in [1.82, 2.24) is 4.98 Å². The second-order valence-electron chi connectivity index (χ2n) is 5.23. The van der Waals surface area contributed by atoms with Crippen molar-refractivity contribution in [2.24, 2.45) is 0 Å². The molecular weight excluding hydrogens is 324 g/mol. The number of aryl methyl sites for hydroxylation is 1. The quantitative estimate of drug-likeness (QED) is 0.664. The summed E-state index contributed by atoms with van der Waals surface area (Å²) in [6.07, 6.45) is 0. The predicted octanol–water partition coefficient (Wildman–Crippen LogP) is 4.58. The Balaban J connectivity index is 1.85. The molecule has 0 bridgehead atoms. The molecule has 0 aliphatic heterocycles. The van der Waals surface area contributed by atoms with Gasteiger partial charge >= 0.3 is 0 Å². The largest absolute Gasteiger partial charge is 0.508 e. The van der Waals surface area contributed by atoms with E-state index in [1.165, 1.54) is 11.3 Å². The van der Waals surface area contributed by atoms with E-state index >= 15 is 0 Å². The van der Waals surface area contributed by atoms with Crippen molar-refractivity contribution in [3.63, 3.8) is 0 Å². The molecule has 0 amide bonds. The second-order valence-corrected chi connectivity index (χ2v) is 6.09. The third kappa shape index (κ3) is 3.28. The van der Waals surface area contributed by atoms with E-state index in [4.69, 9.17) is 9.47 Å². The molecule has 24 heavy (non-hydrogen) atoms. The first-order valence-electron chi connectivity index (χ1n) is 7.35. The van der Waals surface area contributed by atoms with Crippen LogP contribution in [0.4, 0.5) is 10.8 Å². The Morgan fingerprint density at radius 3 is 2.54 bits per heavy atom. The number of aromatic nitrogens is 1. The summed E-state index contributed by atoms with van der Waals surface area (Å²) in [4.78, 5) is 4.62. The fraction of sp³-hybridized carbons (Fsp3) is 0.167. The van der Waals surface area contributed by atoms with Crippen LogP contribution in [0.25, 0.3) is 11.3 Å². The third-order valence-electron chi connectivity index (χ3n) is 3.64.